The highest BCUT2D eigenvalue weighted by atomic mass is 32.2. The van der Waals surface area contributed by atoms with Crippen molar-refractivity contribution >= 4 is 9.84 Å². The van der Waals surface area contributed by atoms with Crippen molar-refractivity contribution in [3.8, 4) is 17.6 Å². The summed E-state index contributed by atoms with van der Waals surface area (Å²) < 4.78 is 31.0. The van der Waals surface area contributed by atoms with Crippen LogP contribution in [0.3, 0.4) is 0 Å². The second-order valence-electron chi connectivity index (χ2n) is 6.85. The SMILES string of the molecule is CC#CCOc1ccc(S(=O)(=O)CC(NO)c2ccc(CN(CC)CC)cc2)cc1. The van der Waals surface area contributed by atoms with E-state index in [9.17, 15) is 13.6 Å². The molecule has 0 amide bonds. The van der Waals surface area contributed by atoms with Crippen LogP contribution >= 0.6 is 0 Å². The van der Waals surface area contributed by atoms with Crippen LogP contribution in [-0.4, -0.2) is 44.0 Å². The number of hydrogen-bond acceptors (Lipinski definition) is 6. The van der Waals surface area contributed by atoms with E-state index in [2.05, 4.69) is 36.1 Å². The third kappa shape index (κ3) is 6.85. The lowest BCUT2D eigenvalue weighted by atomic mass is 10.1. The minimum Gasteiger partial charge on any atom is -0.481 e. The molecule has 0 saturated heterocycles. The molecule has 0 spiro atoms. The molecule has 2 N–H and O–H groups in total. The van der Waals surface area contributed by atoms with Crippen LogP contribution in [0.25, 0.3) is 0 Å². The van der Waals surface area contributed by atoms with Gasteiger partial charge in [-0.2, -0.15) is 5.48 Å². The van der Waals surface area contributed by atoms with E-state index in [1.165, 1.54) is 12.1 Å². The van der Waals surface area contributed by atoms with Crippen LogP contribution in [0.2, 0.25) is 0 Å². The van der Waals surface area contributed by atoms with Gasteiger partial charge in [-0.05, 0) is 55.4 Å². The standard InChI is InChI=1S/C23H30N2O4S/c1-4-7-16-29-21-12-14-22(15-13-21)30(27,28)18-23(24-26)20-10-8-19(9-11-20)17-25(5-2)6-3/h8-15,23-24,26H,5-6,16-18H2,1-3H3. The number of nitrogens with zero attached hydrogens (tertiary/aromatic N) is 1. The lowest BCUT2D eigenvalue weighted by Crippen LogP contribution is -2.26. The Bertz CT molecular complexity index is 941. The molecular formula is C23H30N2O4S. The molecule has 1 atom stereocenters. The van der Waals surface area contributed by atoms with Gasteiger partial charge in [-0.1, -0.05) is 44.0 Å². The first-order valence-electron chi connectivity index (χ1n) is 9.99. The molecule has 0 fully saturated rings. The zero-order valence-electron chi connectivity index (χ0n) is 17.8. The fourth-order valence-corrected chi connectivity index (χ4v) is 4.47. The van der Waals surface area contributed by atoms with E-state index in [1.54, 1.807) is 19.1 Å². The molecule has 0 aromatic heterocycles. The summed E-state index contributed by atoms with van der Waals surface area (Å²) in [4.78, 5) is 2.47. The van der Waals surface area contributed by atoms with Gasteiger partial charge in [0, 0.05) is 6.54 Å². The maximum atomic E-state index is 12.8. The van der Waals surface area contributed by atoms with Crippen molar-refractivity contribution in [1.29, 1.82) is 0 Å². The van der Waals surface area contributed by atoms with Crippen LogP contribution in [0, 0.1) is 11.8 Å². The third-order valence-electron chi connectivity index (χ3n) is 4.90. The molecule has 30 heavy (non-hydrogen) atoms. The second-order valence-corrected chi connectivity index (χ2v) is 8.89. The average molecular weight is 431 g/mol. The Balaban J connectivity index is 2.08. The minimum absolute atomic E-state index is 0.176. The molecule has 2 rings (SSSR count). The van der Waals surface area contributed by atoms with Gasteiger partial charge in [-0.15, -0.1) is 5.92 Å². The number of nitrogens with one attached hydrogen (secondary N) is 1. The Hall–Kier alpha value is -2.37. The molecule has 2 aromatic carbocycles. The maximum absolute atomic E-state index is 12.8. The van der Waals surface area contributed by atoms with Crippen LogP contribution in [0.5, 0.6) is 5.75 Å². The topological polar surface area (TPSA) is 78.9 Å². The van der Waals surface area contributed by atoms with Gasteiger partial charge in [-0.25, -0.2) is 8.42 Å². The van der Waals surface area contributed by atoms with Crippen molar-refractivity contribution in [2.45, 2.75) is 38.3 Å². The van der Waals surface area contributed by atoms with Crippen LogP contribution in [0.4, 0.5) is 0 Å². The Morgan fingerprint density at radius 1 is 1.07 bits per heavy atom. The quantitative estimate of drug-likeness (QED) is 0.420. The van der Waals surface area contributed by atoms with Gasteiger partial charge < -0.3 is 9.94 Å². The summed E-state index contributed by atoms with van der Waals surface area (Å²) >= 11 is 0. The summed E-state index contributed by atoms with van der Waals surface area (Å²) in [5.74, 6) is 5.81. The van der Waals surface area contributed by atoms with Gasteiger partial charge >= 0.3 is 0 Å². The normalized spacial score (nSPS) is 12.3. The molecule has 0 heterocycles. The second kappa shape index (κ2) is 11.7. The molecule has 0 saturated carbocycles. The van der Waals surface area contributed by atoms with Crippen LogP contribution in [0.15, 0.2) is 53.4 Å². The Kier molecular flexibility index (Phi) is 9.34. The van der Waals surface area contributed by atoms with Crippen molar-refractivity contribution in [3.05, 3.63) is 59.7 Å². The molecule has 0 aliphatic heterocycles. The zero-order valence-corrected chi connectivity index (χ0v) is 18.6. The summed E-state index contributed by atoms with van der Waals surface area (Å²) in [7, 11) is -3.61. The van der Waals surface area contributed by atoms with E-state index in [-0.39, 0.29) is 17.3 Å². The summed E-state index contributed by atoms with van der Waals surface area (Å²) in [5.41, 5.74) is 4.00. The molecule has 162 valence electrons. The first kappa shape index (κ1) is 23.9. The first-order valence-corrected chi connectivity index (χ1v) is 11.6. The molecule has 0 aliphatic rings. The highest BCUT2D eigenvalue weighted by Gasteiger charge is 2.22. The van der Waals surface area contributed by atoms with Crippen LogP contribution < -0.4 is 10.2 Å². The van der Waals surface area contributed by atoms with Gasteiger partial charge in [0.2, 0.25) is 0 Å². The average Bonchev–Trinajstić information content (AvgIpc) is 2.77. The summed E-state index contributed by atoms with van der Waals surface area (Å²) in [6.07, 6.45) is 0. The largest absolute Gasteiger partial charge is 0.481 e. The van der Waals surface area contributed by atoms with E-state index >= 15 is 0 Å². The van der Waals surface area contributed by atoms with Gasteiger partial charge in [0.05, 0.1) is 16.7 Å². The molecular weight excluding hydrogens is 400 g/mol. The molecule has 0 radical (unpaired) electrons. The lowest BCUT2D eigenvalue weighted by Gasteiger charge is -2.19. The van der Waals surface area contributed by atoms with Gasteiger partial charge in [0.25, 0.3) is 0 Å². The van der Waals surface area contributed by atoms with Crippen LogP contribution in [-0.2, 0) is 16.4 Å². The number of ether oxygens (including phenoxy) is 1. The number of benzene rings is 2. The van der Waals surface area contributed by atoms with E-state index in [0.29, 0.717) is 11.3 Å². The lowest BCUT2D eigenvalue weighted by molar-refractivity contribution is 0.134. The molecule has 1 unspecified atom stereocenters. The summed E-state index contributed by atoms with van der Waals surface area (Å²) in [6, 6.07) is 13.1. The summed E-state index contributed by atoms with van der Waals surface area (Å²) in [6.45, 7) is 8.98. The molecule has 0 bridgehead atoms. The Morgan fingerprint density at radius 3 is 2.23 bits per heavy atom. The fraction of sp³-hybridized carbons (Fsp3) is 0.391. The maximum Gasteiger partial charge on any atom is 0.180 e. The molecule has 0 aliphatic carbocycles. The highest BCUT2D eigenvalue weighted by Crippen LogP contribution is 2.22. The predicted molar refractivity (Wildman–Crippen MR) is 118 cm³/mol. The number of hydroxylamine groups is 1. The summed E-state index contributed by atoms with van der Waals surface area (Å²) in [5, 5.41) is 9.59. The van der Waals surface area contributed by atoms with Gasteiger partial charge in [-0.3, -0.25) is 4.90 Å². The first-order chi connectivity index (χ1) is 14.4. The predicted octanol–water partition coefficient (Wildman–Crippen LogP) is 3.42. The van der Waals surface area contributed by atoms with Crippen LogP contribution in [0.1, 0.15) is 37.9 Å². The molecule has 7 heteroatoms. The minimum atomic E-state index is -3.61. The Labute approximate surface area is 179 Å². The zero-order chi connectivity index (χ0) is 22.0. The number of sulfone groups is 1. The van der Waals surface area contributed by atoms with E-state index in [4.69, 9.17) is 4.74 Å². The monoisotopic (exact) mass is 430 g/mol. The van der Waals surface area contributed by atoms with Crippen molar-refractivity contribution < 1.29 is 18.4 Å². The van der Waals surface area contributed by atoms with Gasteiger partial charge in [0.15, 0.2) is 9.84 Å². The van der Waals surface area contributed by atoms with Crippen molar-refractivity contribution in [1.82, 2.24) is 10.4 Å². The van der Waals surface area contributed by atoms with Crippen molar-refractivity contribution in [3.63, 3.8) is 0 Å². The Morgan fingerprint density at radius 2 is 1.70 bits per heavy atom. The van der Waals surface area contributed by atoms with Crippen molar-refractivity contribution in [2.24, 2.45) is 0 Å². The third-order valence-corrected chi connectivity index (χ3v) is 6.66. The fourth-order valence-electron chi connectivity index (χ4n) is 3.02. The van der Waals surface area contributed by atoms with E-state index < -0.39 is 15.9 Å². The van der Waals surface area contributed by atoms with E-state index in [0.717, 1.165) is 25.2 Å². The number of rotatable bonds is 11. The highest BCUT2D eigenvalue weighted by molar-refractivity contribution is 7.91. The van der Waals surface area contributed by atoms with E-state index in [1.807, 2.05) is 24.3 Å². The van der Waals surface area contributed by atoms with Crippen molar-refractivity contribution in [2.75, 3.05) is 25.4 Å². The molecule has 2 aromatic rings. The smallest absolute Gasteiger partial charge is 0.180 e. The number of hydrogen-bond donors (Lipinski definition) is 2. The van der Waals surface area contributed by atoms with Gasteiger partial charge in [0.1, 0.15) is 12.4 Å². The molecule has 6 nitrogen and oxygen atoms in total.